The van der Waals surface area contributed by atoms with Crippen molar-refractivity contribution in [3.63, 3.8) is 0 Å². The molecule has 7 rings (SSSR count). The van der Waals surface area contributed by atoms with Crippen molar-refractivity contribution in [3.05, 3.63) is 34.5 Å². The van der Waals surface area contributed by atoms with Gasteiger partial charge in [-0.25, -0.2) is 0 Å². The maximum atomic E-state index is 9.41. The molecule has 2 fully saturated rings. The van der Waals surface area contributed by atoms with Gasteiger partial charge in [0.05, 0.1) is 46.7 Å². The number of halogens is 1. The molecule has 2 saturated heterocycles. The highest BCUT2D eigenvalue weighted by Crippen LogP contribution is 2.47. The smallest absolute Gasteiger partial charge is 0.319 e. The topological polar surface area (TPSA) is 124 Å². The number of benzene rings is 2. The van der Waals surface area contributed by atoms with E-state index in [-0.39, 0.29) is 18.2 Å². The van der Waals surface area contributed by atoms with Gasteiger partial charge in [-0.2, -0.15) is 20.3 Å². The number of piperazine rings is 1. The second-order valence-corrected chi connectivity index (χ2v) is 12.1. The molecule has 0 spiro atoms. The largest absolute Gasteiger partial charge is 0.492 e. The van der Waals surface area contributed by atoms with Crippen LogP contribution in [0.1, 0.15) is 24.0 Å². The molecule has 4 aromatic rings. The molecule has 43 heavy (non-hydrogen) atoms. The lowest BCUT2D eigenvalue weighted by Crippen LogP contribution is -2.51. The van der Waals surface area contributed by atoms with Crippen LogP contribution in [0.15, 0.2) is 18.3 Å². The number of hydrogen-bond donors (Lipinski definition) is 2. The van der Waals surface area contributed by atoms with Crippen LogP contribution in [0.2, 0.25) is 5.02 Å². The van der Waals surface area contributed by atoms with E-state index < -0.39 is 0 Å². The van der Waals surface area contributed by atoms with E-state index in [0.29, 0.717) is 37.2 Å². The minimum absolute atomic E-state index is 0.0333. The predicted octanol–water partition coefficient (Wildman–Crippen LogP) is 3.86. The van der Waals surface area contributed by atoms with Crippen molar-refractivity contribution >= 4 is 39.2 Å². The number of aryl methyl sites for hydroxylation is 1. The molecule has 5 heterocycles. The van der Waals surface area contributed by atoms with Gasteiger partial charge in [0, 0.05) is 62.4 Å². The highest BCUT2D eigenvalue weighted by atomic mass is 35.5. The third-order valence-corrected chi connectivity index (χ3v) is 9.29. The Morgan fingerprint density at radius 1 is 1.21 bits per heavy atom. The third-order valence-electron chi connectivity index (χ3n) is 8.81. The van der Waals surface area contributed by atoms with Gasteiger partial charge in [0.15, 0.2) is 0 Å². The van der Waals surface area contributed by atoms with E-state index in [2.05, 4.69) is 44.5 Å². The highest BCUT2D eigenvalue weighted by Gasteiger charge is 2.35. The van der Waals surface area contributed by atoms with E-state index in [1.54, 1.807) is 7.11 Å². The molecule has 0 saturated carbocycles. The fourth-order valence-electron chi connectivity index (χ4n) is 6.73. The standard InChI is InChI=1S/C31H35ClN8O3/c1-17-11-22-21(13-35-38-22)26(28(17)32)20-12-23-27(29-19(20)5-4-10-42-29)30(40-9-8-34-18(14-40)6-7-33)37-31(36-23)43-25-16-39(2)15-24(25)41-3/h11-13,18,24-25,34H,4-6,8-10,14-16H2,1-3H3,(H,35,38)/t18-,24-,25-/m0/s1. The van der Waals surface area contributed by atoms with Gasteiger partial charge >= 0.3 is 6.01 Å². The van der Waals surface area contributed by atoms with E-state index in [1.807, 2.05) is 19.2 Å². The zero-order valence-electron chi connectivity index (χ0n) is 24.6. The van der Waals surface area contributed by atoms with Crippen molar-refractivity contribution in [1.82, 2.24) is 30.4 Å². The normalized spacial score (nSPS) is 22.5. The second-order valence-electron chi connectivity index (χ2n) is 11.7. The number of aromatic amines is 1. The summed E-state index contributed by atoms with van der Waals surface area (Å²) in [5.74, 6) is 1.55. The van der Waals surface area contributed by atoms with Crippen LogP contribution in [-0.4, -0.2) is 96.8 Å². The van der Waals surface area contributed by atoms with Crippen LogP contribution in [0.3, 0.4) is 0 Å². The molecule has 0 aliphatic carbocycles. The Balaban J connectivity index is 1.45. The van der Waals surface area contributed by atoms with E-state index in [0.717, 1.165) is 88.1 Å². The van der Waals surface area contributed by atoms with Gasteiger partial charge in [-0.1, -0.05) is 11.6 Å². The second kappa shape index (κ2) is 11.4. The van der Waals surface area contributed by atoms with Gasteiger partial charge < -0.3 is 24.4 Å². The number of H-pyrrole nitrogens is 1. The Morgan fingerprint density at radius 2 is 2.07 bits per heavy atom. The highest BCUT2D eigenvalue weighted by molar-refractivity contribution is 6.36. The minimum Gasteiger partial charge on any atom is -0.492 e. The molecule has 3 aliphatic rings. The number of fused-ring (bicyclic) bond motifs is 4. The fourth-order valence-corrected chi connectivity index (χ4v) is 6.99. The first-order valence-corrected chi connectivity index (χ1v) is 15.2. The van der Waals surface area contributed by atoms with Crippen molar-refractivity contribution < 1.29 is 14.2 Å². The number of ether oxygens (including phenoxy) is 3. The average Bonchev–Trinajstić information content (AvgIpc) is 3.62. The molecular formula is C31H35ClN8O3. The molecule has 3 atom stereocenters. The number of anilines is 1. The summed E-state index contributed by atoms with van der Waals surface area (Å²) in [6.45, 7) is 6.21. The first-order chi connectivity index (χ1) is 20.9. The zero-order valence-corrected chi connectivity index (χ0v) is 25.4. The summed E-state index contributed by atoms with van der Waals surface area (Å²) in [5.41, 5.74) is 5.61. The molecule has 11 nitrogen and oxygen atoms in total. The van der Waals surface area contributed by atoms with Crippen LogP contribution < -0.4 is 19.7 Å². The van der Waals surface area contributed by atoms with Crippen LogP contribution in [0, 0.1) is 18.3 Å². The first-order valence-electron chi connectivity index (χ1n) is 14.8. The predicted molar refractivity (Wildman–Crippen MR) is 165 cm³/mol. The third kappa shape index (κ3) is 5.02. The quantitative estimate of drug-likeness (QED) is 0.336. The number of rotatable bonds is 6. The van der Waals surface area contributed by atoms with Gasteiger partial charge in [0.25, 0.3) is 0 Å². The molecule has 0 unspecified atom stereocenters. The van der Waals surface area contributed by atoms with Crippen molar-refractivity contribution in [2.45, 2.75) is 44.4 Å². The number of nitriles is 1. The molecule has 2 aromatic heterocycles. The van der Waals surface area contributed by atoms with Gasteiger partial charge in [-0.15, -0.1) is 0 Å². The van der Waals surface area contributed by atoms with Gasteiger partial charge in [-0.3, -0.25) is 10.00 Å². The molecule has 0 radical (unpaired) electrons. The summed E-state index contributed by atoms with van der Waals surface area (Å²) in [6.07, 6.45) is 3.68. The van der Waals surface area contributed by atoms with Crippen LogP contribution in [0.4, 0.5) is 5.82 Å². The lowest BCUT2D eigenvalue weighted by atomic mass is 9.90. The number of likely N-dealkylation sites (N-methyl/N-ethyl adjacent to an activating group) is 1. The Hall–Kier alpha value is -3.69. The number of likely N-dealkylation sites (tertiary alicyclic amines) is 1. The van der Waals surface area contributed by atoms with Crippen molar-refractivity contribution in [3.8, 4) is 29.0 Å². The van der Waals surface area contributed by atoms with Crippen LogP contribution in [0.25, 0.3) is 32.9 Å². The van der Waals surface area contributed by atoms with Gasteiger partial charge in [0.1, 0.15) is 23.8 Å². The average molecular weight is 603 g/mol. The van der Waals surface area contributed by atoms with E-state index in [9.17, 15) is 5.26 Å². The summed E-state index contributed by atoms with van der Waals surface area (Å²) in [5, 5.41) is 22.8. The Morgan fingerprint density at radius 3 is 2.91 bits per heavy atom. The summed E-state index contributed by atoms with van der Waals surface area (Å²) in [4.78, 5) is 14.5. The molecule has 0 amide bonds. The zero-order chi connectivity index (χ0) is 29.7. The van der Waals surface area contributed by atoms with Gasteiger partial charge in [0.2, 0.25) is 0 Å². The molecular weight excluding hydrogens is 568 g/mol. The monoisotopic (exact) mass is 602 g/mol. The maximum Gasteiger partial charge on any atom is 0.319 e. The summed E-state index contributed by atoms with van der Waals surface area (Å²) >= 11 is 7.05. The summed E-state index contributed by atoms with van der Waals surface area (Å²) < 4.78 is 18.7. The Bertz CT molecular complexity index is 1740. The van der Waals surface area contributed by atoms with Crippen molar-refractivity contribution in [2.75, 3.05) is 58.4 Å². The number of methoxy groups -OCH3 is 1. The number of hydrogen-bond acceptors (Lipinski definition) is 10. The Labute approximate surface area is 255 Å². The summed E-state index contributed by atoms with van der Waals surface area (Å²) in [6, 6.07) is 6.77. The van der Waals surface area contributed by atoms with Crippen molar-refractivity contribution in [1.29, 1.82) is 5.26 Å². The molecule has 3 aliphatic heterocycles. The number of nitrogens with one attached hydrogen (secondary N) is 2. The summed E-state index contributed by atoms with van der Waals surface area (Å²) in [7, 11) is 3.76. The van der Waals surface area contributed by atoms with Crippen LogP contribution in [-0.2, 0) is 11.2 Å². The van der Waals surface area contributed by atoms with E-state index >= 15 is 0 Å². The molecule has 12 heteroatoms. The lowest BCUT2D eigenvalue weighted by Gasteiger charge is -2.35. The number of nitrogens with zero attached hydrogens (tertiary/aromatic N) is 6. The SMILES string of the molecule is CO[C@H]1CN(C)C[C@@H]1Oc1nc(N2CCN[C@@H](CC#N)C2)c2c3c(c(-c4c(Cl)c(C)cc5[nH]ncc45)cc2n1)CCCO3. The molecule has 0 bridgehead atoms. The number of aromatic nitrogens is 4. The molecule has 224 valence electrons. The minimum atomic E-state index is -0.209. The van der Waals surface area contributed by atoms with Crippen LogP contribution in [0.5, 0.6) is 11.8 Å². The van der Waals surface area contributed by atoms with Crippen molar-refractivity contribution in [2.24, 2.45) is 0 Å². The van der Waals surface area contributed by atoms with Gasteiger partial charge in [-0.05, 0) is 50.1 Å². The molecule has 2 N–H and O–H groups in total. The van der Waals surface area contributed by atoms with E-state index in [4.69, 9.17) is 35.8 Å². The van der Waals surface area contributed by atoms with Crippen LogP contribution >= 0.6 is 11.6 Å². The van der Waals surface area contributed by atoms with E-state index in [1.165, 1.54) is 0 Å². The first kappa shape index (κ1) is 28.1. The maximum absolute atomic E-state index is 9.41. The fraction of sp³-hybridized carbons (Fsp3) is 0.484. The Kier molecular flexibility index (Phi) is 7.47. The molecule has 2 aromatic carbocycles. The lowest BCUT2D eigenvalue weighted by molar-refractivity contribution is 0.0300.